The minimum atomic E-state index is 0. The van der Waals surface area contributed by atoms with Crippen LogP contribution in [0.3, 0.4) is 0 Å². The average Bonchev–Trinajstić information content (AvgIpc) is 1.76. The van der Waals surface area contributed by atoms with E-state index >= 15 is 0 Å². The molecule has 0 saturated carbocycles. The molecule has 0 rings (SSSR count). The number of hydrogen-bond donors (Lipinski definition) is 0. The van der Waals surface area contributed by atoms with Gasteiger partial charge in [0.25, 0.3) is 0 Å². The van der Waals surface area contributed by atoms with Crippen LogP contribution in [-0.2, 0) is 0 Å². The molecule has 0 heterocycles. The van der Waals surface area contributed by atoms with Crippen LogP contribution in [-0.4, -0.2) is 64.3 Å². The molecular formula is C10H22I2N2. The summed E-state index contributed by atoms with van der Waals surface area (Å²) in [7, 11) is 12.9. The van der Waals surface area contributed by atoms with E-state index in [9.17, 15) is 0 Å². The predicted octanol–water partition coefficient (Wildman–Crippen LogP) is -5.59. The fourth-order valence-corrected chi connectivity index (χ4v) is 0.586. The van der Waals surface area contributed by atoms with Gasteiger partial charge in [0.05, 0.1) is 42.3 Å². The molecule has 0 aromatic heterocycles. The Bertz CT molecular complexity index is 171. The smallest absolute Gasteiger partial charge is 0.140 e. The second-order valence-corrected chi connectivity index (χ2v) is 5.25. The quantitative estimate of drug-likeness (QED) is 0.236. The van der Waals surface area contributed by atoms with Crippen molar-refractivity contribution in [3.05, 3.63) is 0 Å². The third kappa shape index (κ3) is 18.7. The van der Waals surface area contributed by atoms with Crippen LogP contribution in [0.1, 0.15) is 0 Å². The van der Waals surface area contributed by atoms with E-state index in [0.29, 0.717) is 0 Å². The summed E-state index contributed by atoms with van der Waals surface area (Å²) >= 11 is 0. The minimum absolute atomic E-state index is 0. The molecule has 0 unspecified atom stereocenters. The number of hydrogen-bond acceptors (Lipinski definition) is 0. The highest BCUT2D eigenvalue weighted by atomic mass is 127. The zero-order valence-corrected chi connectivity index (χ0v) is 14.4. The molecule has 0 bridgehead atoms. The number of quaternary nitrogens is 2. The summed E-state index contributed by atoms with van der Waals surface area (Å²) in [6.45, 7) is 1.86. The van der Waals surface area contributed by atoms with Crippen molar-refractivity contribution in [1.82, 2.24) is 0 Å². The van der Waals surface area contributed by atoms with Crippen LogP contribution in [0.5, 0.6) is 0 Å². The monoisotopic (exact) mass is 424 g/mol. The van der Waals surface area contributed by atoms with E-state index in [0.717, 1.165) is 22.1 Å². The maximum absolute atomic E-state index is 3.19. The van der Waals surface area contributed by atoms with E-state index in [1.807, 2.05) is 0 Å². The third-order valence-corrected chi connectivity index (χ3v) is 1.23. The number of nitrogens with zero attached hydrogens (tertiary/aromatic N) is 2. The molecule has 0 amide bonds. The van der Waals surface area contributed by atoms with E-state index in [1.165, 1.54) is 0 Å². The molecule has 0 aromatic carbocycles. The maximum atomic E-state index is 3.19. The van der Waals surface area contributed by atoms with Gasteiger partial charge in [0.15, 0.2) is 0 Å². The van der Waals surface area contributed by atoms with Crippen molar-refractivity contribution >= 4 is 0 Å². The van der Waals surface area contributed by atoms with Gasteiger partial charge < -0.3 is 56.9 Å². The van der Waals surface area contributed by atoms with Gasteiger partial charge in [-0.25, -0.2) is 0 Å². The van der Waals surface area contributed by atoms with Gasteiger partial charge in [0, 0.05) is 0 Å². The van der Waals surface area contributed by atoms with E-state index in [2.05, 4.69) is 54.1 Å². The second kappa shape index (κ2) is 8.13. The number of halogens is 2. The maximum Gasteiger partial charge on any atom is 0.140 e. The highest BCUT2D eigenvalue weighted by Crippen LogP contribution is 1.88. The summed E-state index contributed by atoms with van der Waals surface area (Å²) in [5.41, 5.74) is 0. The van der Waals surface area contributed by atoms with Crippen molar-refractivity contribution in [3.8, 4) is 11.8 Å². The van der Waals surface area contributed by atoms with Gasteiger partial charge in [0.1, 0.15) is 13.1 Å². The Morgan fingerprint density at radius 1 is 0.643 bits per heavy atom. The van der Waals surface area contributed by atoms with Crippen molar-refractivity contribution in [3.63, 3.8) is 0 Å². The van der Waals surface area contributed by atoms with Gasteiger partial charge >= 0.3 is 0 Å². The van der Waals surface area contributed by atoms with E-state index < -0.39 is 0 Å². The van der Waals surface area contributed by atoms with Crippen LogP contribution < -0.4 is 48.0 Å². The summed E-state index contributed by atoms with van der Waals surface area (Å²) in [5, 5.41) is 0. The first-order valence-electron chi connectivity index (χ1n) is 4.27. The van der Waals surface area contributed by atoms with Crippen LogP contribution in [0.2, 0.25) is 0 Å². The molecule has 14 heavy (non-hydrogen) atoms. The first-order chi connectivity index (χ1) is 5.21. The molecule has 0 aromatic rings. The molecule has 86 valence electrons. The zero-order valence-electron chi connectivity index (χ0n) is 10.1. The first-order valence-corrected chi connectivity index (χ1v) is 4.27. The molecule has 0 N–H and O–H groups in total. The van der Waals surface area contributed by atoms with Gasteiger partial charge in [-0.05, 0) is 11.8 Å². The van der Waals surface area contributed by atoms with E-state index in [-0.39, 0.29) is 48.0 Å². The number of rotatable bonds is 2. The van der Waals surface area contributed by atoms with Gasteiger partial charge in [-0.1, -0.05) is 0 Å². The second-order valence-electron chi connectivity index (χ2n) is 5.25. The fraction of sp³-hybridized carbons (Fsp3) is 0.800. The van der Waals surface area contributed by atoms with Crippen molar-refractivity contribution < 1.29 is 56.9 Å². The molecule has 0 aliphatic heterocycles. The highest BCUT2D eigenvalue weighted by Gasteiger charge is 2.04. The molecule has 0 spiro atoms. The van der Waals surface area contributed by atoms with Gasteiger partial charge in [-0.2, -0.15) is 0 Å². The normalized spacial score (nSPS) is 10.4. The largest absolute Gasteiger partial charge is 1.00 e. The minimum Gasteiger partial charge on any atom is -1.00 e. The van der Waals surface area contributed by atoms with Crippen molar-refractivity contribution in [2.24, 2.45) is 0 Å². The molecule has 0 saturated heterocycles. The van der Waals surface area contributed by atoms with Crippen LogP contribution in [0.15, 0.2) is 0 Å². The zero-order chi connectivity index (χ0) is 9.83. The Balaban J connectivity index is -0.000000605. The Morgan fingerprint density at radius 2 is 0.857 bits per heavy atom. The molecule has 2 nitrogen and oxygen atoms in total. The Labute approximate surface area is 123 Å². The predicted molar refractivity (Wildman–Crippen MR) is 53.6 cm³/mol. The molecular weight excluding hydrogens is 402 g/mol. The topological polar surface area (TPSA) is 0 Å². The lowest BCUT2D eigenvalue weighted by atomic mass is 10.4. The van der Waals surface area contributed by atoms with E-state index in [1.54, 1.807) is 0 Å². The average molecular weight is 424 g/mol. The first kappa shape index (κ1) is 20.4. The molecule has 0 aliphatic carbocycles. The van der Waals surface area contributed by atoms with E-state index in [4.69, 9.17) is 0 Å². The molecule has 0 radical (unpaired) electrons. The fourth-order valence-electron chi connectivity index (χ4n) is 0.586. The summed E-state index contributed by atoms with van der Waals surface area (Å²) < 4.78 is 1.84. The van der Waals surface area contributed by atoms with Gasteiger partial charge in [-0.15, -0.1) is 0 Å². The third-order valence-electron chi connectivity index (χ3n) is 1.23. The van der Waals surface area contributed by atoms with Crippen LogP contribution in [0.25, 0.3) is 0 Å². The summed E-state index contributed by atoms with van der Waals surface area (Å²) in [5.74, 6) is 6.38. The Kier molecular flexibility index (Phi) is 11.8. The molecule has 4 heteroatoms. The lowest BCUT2D eigenvalue weighted by Gasteiger charge is -2.21. The van der Waals surface area contributed by atoms with Crippen molar-refractivity contribution in [1.29, 1.82) is 0 Å². The summed E-state index contributed by atoms with van der Waals surface area (Å²) in [6, 6.07) is 0. The summed E-state index contributed by atoms with van der Waals surface area (Å²) in [4.78, 5) is 0. The van der Waals surface area contributed by atoms with Crippen LogP contribution >= 0.6 is 0 Å². The van der Waals surface area contributed by atoms with Crippen molar-refractivity contribution in [2.75, 3.05) is 55.4 Å². The van der Waals surface area contributed by atoms with Crippen molar-refractivity contribution in [2.45, 2.75) is 0 Å². The van der Waals surface area contributed by atoms with Gasteiger partial charge in [-0.3, -0.25) is 0 Å². The molecule has 0 fully saturated rings. The lowest BCUT2D eigenvalue weighted by Crippen LogP contribution is -3.00. The van der Waals surface area contributed by atoms with Gasteiger partial charge in [0.2, 0.25) is 0 Å². The Morgan fingerprint density at radius 3 is 1.00 bits per heavy atom. The highest BCUT2D eigenvalue weighted by molar-refractivity contribution is 4.99. The lowest BCUT2D eigenvalue weighted by molar-refractivity contribution is -0.864. The Hall–Kier alpha value is 0.940. The SMILES string of the molecule is C[N+](C)(C)CC#CC[N+](C)(C)C.[I-].[I-]. The molecule has 0 atom stereocenters. The van der Waals surface area contributed by atoms with Crippen LogP contribution in [0, 0.1) is 11.8 Å². The summed E-state index contributed by atoms with van der Waals surface area (Å²) in [6.07, 6.45) is 0. The standard InChI is InChI=1S/C10H22N2.2HI/c1-11(2,3)9-7-8-10-12(4,5)6;;/h9-10H2,1-6H3;2*1H/q+2;;/p-2. The molecule has 0 aliphatic rings. The van der Waals surface area contributed by atoms with Crippen LogP contribution in [0.4, 0.5) is 0 Å².